The summed E-state index contributed by atoms with van der Waals surface area (Å²) < 4.78 is 41.6. The highest BCUT2D eigenvalue weighted by Crippen LogP contribution is 2.28. The molecular formula is C10H14FNO3S. The van der Waals surface area contributed by atoms with Gasteiger partial charge in [0.1, 0.15) is 16.5 Å². The van der Waals surface area contributed by atoms with Gasteiger partial charge in [-0.2, -0.15) is 0 Å². The van der Waals surface area contributed by atoms with Crippen LogP contribution in [-0.2, 0) is 16.3 Å². The van der Waals surface area contributed by atoms with Crippen LogP contribution in [0, 0.1) is 5.82 Å². The lowest BCUT2D eigenvalue weighted by atomic mass is 10.1. The Morgan fingerprint density at radius 3 is 2.50 bits per heavy atom. The predicted molar refractivity (Wildman–Crippen MR) is 58.8 cm³/mol. The maximum Gasteiger partial charge on any atom is 0.182 e. The van der Waals surface area contributed by atoms with E-state index in [1.807, 2.05) is 0 Å². The lowest BCUT2D eigenvalue weighted by molar-refractivity contribution is 0.394. The van der Waals surface area contributed by atoms with Crippen molar-refractivity contribution in [1.29, 1.82) is 0 Å². The first-order chi connectivity index (χ1) is 7.41. The molecule has 1 aromatic rings. The SMILES string of the molecule is COc1ccc(CCN)c(F)c1S(C)(=O)=O. The van der Waals surface area contributed by atoms with Crippen molar-refractivity contribution in [1.82, 2.24) is 0 Å². The second-order valence-electron chi connectivity index (χ2n) is 3.38. The summed E-state index contributed by atoms with van der Waals surface area (Å²) in [5.74, 6) is -0.756. The van der Waals surface area contributed by atoms with Gasteiger partial charge in [-0.3, -0.25) is 0 Å². The van der Waals surface area contributed by atoms with Crippen molar-refractivity contribution in [3.63, 3.8) is 0 Å². The van der Waals surface area contributed by atoms with Crippen LogP contribution < -0.4 is 10.5 Å². The van der Waals surface area contributed by atoms with Crippen LogP contribution in [0.15, 0.2) is 17.0 Å². The summed E-state index contributed by atoms with van der Waals surface area (Å²) in [6, 6.07) is 2.92. The average molecular weight is 247 g/mol. The van der Waals surface area contributed by atoms with Crippen molar-refractivity contribution in [3.8, 4) is 5.75 Å². The molecule has 0 aliphatic heterocycles. The maximum absolute atomic E-state index is 13.9. The molecule has 6 heteroatoms. The van der Waals surface area contributed by atoms with Gasteiger partial charge >= 0.3 is 0 Å². The van der Waals surface area contributed by atoms with Crippen LogP contribution in [0.5, 0.6) is 5.75 Å². The summed E-state index contributed by atoms with van der Waals surface area (Å²) >= 11 is 0. The molecule has 1 rings (SSSR count). The highest BCUT2D eigenvalue weighted by molar-refractivity contribution is 7.90. The van der Waals surface area contributed by atoms with E-state index in [0.717, 1.165) is 6.26 Å². The van der Waals surface area contributed by atoms with Gasteiger partial charge in [-0.05, 0) is 24.6 Å². The van der Waals surface area contributed by atoms with Gasteiger partial charge in [0.2, 0.25) is 0 Å². The zero-order valence-electron chi connectivity index (χ0n) is 9.16. The standard InChI is InChI=1S/C10H14FNO3S/c1-15-8-4-3-7(5-6-12)9(11)10(8)16(2,13)14/h3-4H,5-6,12H2,1-2H3. The smallest absolute Gasteiger partial charge is 0.182 e. The van der Waals surface area contributed by atoms with Gasteiger partial charge in [-0.1, -0.05) is 6.07 Å². The van der Waals surface area contributed by atoms with Crippen molar-refractivity contribution in [2.75, 3.05) is 19.9 Å². The molecule has 2 N–H and O–H groups in total. The molecule has 4 nitrogen and oxygen atoms in total. The summed E-state index contributed by atoms with van der Waals surface area (Å²) in [6.07, 6.45) is 1.23. The number of rotatable bonds is 4. The molecule has 0 aliphatic rings. The minimum absolute atomic E-state index is 0.0146. The Morgan fingerprint density at radius 1 is 1.44 bits per heavy atom. The van der Waals surface area contributed by atoms with E-state index in [0.29, 0.717) is 6.42 Å². The van der Waals surface area contributed by atoms with Crippen LogP contribution in [0.2, 0.25) is 0 Å². The second kappa shape index (κ2) is 4.80. The number of benzene rings is 1. The molecule has 0 saturated heterocycles. The number of nitrogens with two attached hydrogens (primary N) is 1. The van der Waals surface area contributed by atoms with E-state index in [9.17, 15) is 12.8 Å². The summed E-state index contributed by atoms with van der Waals surface area (Å²) in [6.45, 7) is 0.256. The quantitative estimate of drug-likeness (QED) is 0.852. The van der Waals surface area contributed by atoms with Crippen LogP contribution in [-0.4, -0.2) is 28.3 Å². The topological polar surface area (TPSA) is 69.4 Å². The third-order valence-electron chi connectivity index (χ3n) is 2.15. The summed E-state index contributed by atoms with van der Waals surface area (Å²) in [7, 11) is -2.36. The number of halogens is 1. The minimum atomic E-state index is -3.66. The lowest BCUT2D eigenvalue weighted by Crippen LogP contribution is -2.10. The summed E-state index contributed by atoms with van der Waals surface area (Å²) in [5.41, 5.74) is 5.59. The van der Waals surface area contributed by atoms with Crippen molar-refractivity contribution in [2.45, 2.75) is 11.3 Å². The Kier molecular flexibility index (Phi) is 3.88. The van der Waals surface area contributed by atoms with Crippen LogP contribution in [0.3, 0.4) is 0 Å². The molecule has 0 heterocycles. The fourth-order valence-electron chi connectivity index (χ4n) is 1.43. The van der Waals surface area contributed by atoms with Crippen molar-refractivity contribution >= 4 is 9.84 Å². The molecule has 0 saturated carbocycles. The van der Waals surface area contributed by atoms with E-state index in [4.69, 9.17) is 10.5 Å². The highest BCUT2D eigenvalue weighted by atomic mass is 32.2. The largest absolute Gasteiger partial charge is 0.495 e. The van der Waals surface area contributed by atoms with E-state index >= 15 is 0 Å². The Balaban J connectivity index is 3.47. The lowest BCUT2D eigenvalue weighted by Gasteiger charge is -2.10. The first kappa shape index (κ1) is 12.9. The molecule has 1 aromatic carbocycles. The molecule has 0 aliphatic carbocycles. The van der Waals surface area contributed by atoms with Gasteiger partial charge in [0.15, 0.2) is 9.84 Å². The zero-order chi connectivity index (χ0) is 12.3. The fourth-order valence-corrected chi connectivity index (χ4v) is 2.41. The third kappa shape index (κ3) is 2.51. The molecule has 0 aromatic heterocycles. The molecule has 90 valence electrons. The van der Waals surface area contributed by atoms with Gasteiger partial charge in [-0.25, -0.2) is 12.8 Å². The fraction of sp³-hybridized carbons (Fsp3) is 0.400. The molecular weight excluding hydrogens is 233 g/mol. The van der Waals surface area contributed by atoms with Gasteiger partial charge in [-0.15, -0.1) is 0 Å². The monoisotopic (exact) mass is 247 g/mol. The summed E-state index contributed by atoms with van der Waals surface area (Å²) in [5, 5.41) is 0. The van der Waals surface area contributed by atoms with E-state index < -0.39 is 20.5 Å². The van der Waals surface area contributed by atoms with E-state index in [1.165, 1.54) is 19.2 Å². The Labute approximate surface area is 94.1 Å². The third-order valence-corrected chi connectivity index (χ3v) is 3.27. The molecule has 16 heavy (non-hydrogen) atoms. The Morgan fingerprint density at radius 2 is 2.06 bits per heavy atom. The Hall–Kier alpha value is -1.14. The van der Waals surface area contributed by atoms with Crippen LogP contribution >= 0.6 is 0 Å². The predicted octanol–water partition coefficient (Wildman–Crippen LogP) is 0.739. The van der Waals surface area contributed by atoms with Gasteiger partial charge in [0, 0.05) is 6.26 Å². The van der Waals surface area contributed by atoms with Crippen molar-refractivity contribution in [3.05, 3.63) is 23.5 Å². The molecule has 0 unspecified atom stereocenters. The second-order valence-corrected chi connectivity index (χ2v) is 5.33. The van der Waals surface area contributed by atoms with Crippen LogP contribution in [0.1, 0.15) is 5.56 Å². The number of methoxy groups -OCH3 is 1. The highest BCUT2D eigenvalue weighted by Gasteiger charge is 2.22. The first-order valence-electron chi connectivity index (χ1n) is 4.67. The normalized spacial score (nSPS) is 11.5. The van der Waals surface area contributed by atoms with E-state index in [1.54, 1.807) is 0 Å². The zero-order valence-corrected chi connectivity index (χ0v) is 9.97. The van der Waals surface area contributed by atoms with Crippen molar-refractivity contribution < 1.29 is 17.5 Å². The number of hydrogen-bond acceptors (Lipinski definition) is 4. The molecule has 0 spiro atoms. The minimum Gasteiger partial charge on any atom is -0.495 e. The van der Waals surface area contributed by atoms with Crippen LogP contribution in [0.25, 0.3) is 0 Å². The maximum atomic E-state index is 13.9. The summed E-state index contributed by atoms with van der Waals surface area (Å²) in [4.78, 5) is -0.402. The average Bonchev–Trinajstić information content (AvgIpc) is 2.19. The van der Waals surface area contributed by atoms with E-state index in [2.05, 4.69) is 0 Å². The number of ether oxygens (including phenoxy) is 1. The Bertz CT molecular complexity index is 485. The molecule has 0 atom stereocenters. The molecule has 0 bridgehead atoms. The van der Waals surface area contributed by atoms with Gasteiger partial charge in [0.25, 0.3) is 0 Å². The van der Waals surface area contributed by atoms with Crippen LogP contribution in [0.4, 0.5) is 4.39 Å². The number of hydrogen-bond donors (Lipinski definition) is 1. The van der Waals surface area contributed by atoms with Gasteiger partial charge < -0.3 is 10.5 Å². The van der Waals surface area contributed by atoms with Gasteiger partial charge in [0.05, 0.1) is 7.11 Å². The first-order valence-corrected chi connectivity index (χ1v) is 6.56. The van der Waals surface area contributed by atoms with Crippen molar-refractivity contribution in [2.24, 2.45) is 5.73 Å². The molecule has 0 amide bonds. The number of sulfone groups is 1. The molecule has 0 radical (unpaired) electrons. The van der Waals surface area contributed by atoms with E-state index in [-0.39, 0.29) is 17.9 Å². The molecule has 0 fully saturated rings.